The summed E-state index contributed by atoms with van der Waals surface area (Å²) < 4.78 is 13.7. The number of nitrogens with zero attached hydrogens (tertiary/aromatic N) is 2. The fourth-order valence-electron chi connectivity index (χ4n) is 3.36. The number of benzene rings is 1. The molecule has 98 valence electrons. The lowest BCUT2D eigenvalue weighted by molar-refractivity contribution is 0.273. The Kier molecular flexibility index (Phi) is 3.25. The van der Waals surface area contributed by atoms with Crippen LogP contribution in [-0.4, -0.2) is 37.1 Å². The van der Waals surface area contributed by atoms with Crippen LogP contribution in [0.3, 0.4) is 0 Å². The zero-order valence-electron chi connectivity index (χ0n) is 11.0. The smallest absolute Gasteiger partial charge is 0.128 e. The minimum Gasteiger partial charge on any atom is -0.370 e. The Hall–Kier alpha value is -1.09. The predicted molar refractivity (Wildman–Crippen MR) is 72.6 cm³/mol. The van der Waals surface area contributed by atoms with Gasteiger partial charge in [-0.15, -0.1) is 0 Å². The molecule has 18 heavy (non-hydrogen) atoms. The Morgan fingerprint density at radius 3 is 2.89 bits per heavy atom. The molecule has 2 nitrogen and oxygen atoms in total. The second-order valence-electron chi connectivity index (χ2n) is 5.52. The fraction of sp³-hybridized carbons (Fsp3) is 0.600. The first kappa shape index (κ1) is 12.0. The number of anilines is 1. The van der Waals surface area contributed by atoms with Gasteiger partial charge < -0.3 is 4.90 Å². The van der Waals surface area contributed by atoms with Crippen molar-refractivity contribution in [3.63, 3.8) is 0 Å². The van der Waals surface area contributed by atoms with Crippen molar-refractivity contribution in [2.75, 3.05) is 31.1 Å². The lowest BCUT2D eigenvalue weighted by Crippen LogP contribution is -2.36. The van der Waals surface area contributed by atoms with Gasteiger partial charge in [-0.2, -0.15) is 0 Å². The van der Waals surface area contributed by atoms with Crippen LogP contribution in [0, 0.1) is 12.7 Å². The third-order valence-electron chi connectivity index (χ3n) is 4.38. The molecule has 0 spiro atoms. The molecular formula is C15H21FN2. The highest BCUT2D eigenvalue weighted by atomic mass is 19.1. The summed E-state index contributed by atoms with van der Waals surface area (Å²) >= 11 is 0. The average molecular weight is 248 g/mol. The number of halogens is 1. The van der Waals surface area contributed by atoms with E-state index >= 15 is 0 Å². The Morgan fingerprint density at radius 2 is 2.00 bits per heavy atom. The second-order valence-corrected chi connectivity index (χ2v) is 5.52. The molecular weight excluding hydrogens is 227 g/mol. The van der Waals surface area contributed by atoms with Crippen LogP contribution in [0.1, 0.15) is 24.8 Å². The van der Waals surface area contributed by atoms with E-state index in [1.807, 2.05) is 13.0 Å². The van der Waals surface area contributed by atoms with Gasteiger partial charge in [-0.05, 0) is 44.9 Å². The molecule has 0 saturated carbocycles. The van der Waals surface area contributed by atoms with Gasteiger partial charge in [-0.25, -0.2) is 4.39 Å². The normalized spacial score (nSPS) is 25.0. The van der Waals surface area contributed by atoms with E-state index in [0.717, 1.165) is 24.3 Å². The monoisotopic (exact) mass is 248 g/mol. The standard InChI is InChI=1S/C15H21FN2/c1-12-14(16)6-2-7-15(12)18-10-4-9-17-8-3-5-13(17)11-18/h2,6-7,13H,3-5,8-11H2,1H3. The first-order valence-electron chi connectivity index (χ1n) is 7.00. The maximum absolute atomic E-state index is 13.7. The van der Waals surface area contributed by atoms with Crippen LogP contribution in [0.25, 0.3) is 0 Å². The largest absolute Gasteiger partial charge is 0.370 e. The van der Waals surface area contributed by atoms with Crippen LogP contribution in [0.5, 0.6) is 0 Å². The minimum absolute atomic E-state index is 0.0833. The molecule has 0 amide bonds. The van der Waals surface area contributed by atoms with Crippen molar-refractivity contribution in [2.24, 2.45) is 0 Å². The van der Waals surface area contributed by atoms with E-state index in [9.17, 15) is 4.39 Å². The number of hydrogen-bond donors (Lipinski definition) is 0. The summed E-state index contributed by atoms with van der Waals surface area (Å²) in [6.45, 7) is 6.46. The van der Waals surface area contributed by atoms with Gasteiger partial charge in [0, 0.05) is 36.9 Å². The minimum atomic E-state index is -0.0833. The summed E-state index contributed by atoms with van der Waals surface area (Å²) in [5, 5.41) is 0. The maximum atomic E-state index is 13.7. The lowest BCUT2D eigenvalue weighted by atomic mass is 10.1. The average Bonchev–Trinajstić information content (AvgIpc) is 2.70. The van der Waals surface area contributed by atoms with Crippen molar-refractivity contribution in [1.82, 2.24) is 4.90 Å². The van der Waals surface area contributed by atoms with Crippen molar-refractivity contribution in [3.8, 4) is 0 Å². The van der Waals surface area contributed by atoms with Gasteiger partial charge in [0.15, 0.2) is 0 Å². The van der Waals surface area contributed by atoms with E-state index in [1.165, 1.54) is 32.4 Å². The summed E-state index contributed by atoms with van der Waals surface area (Å²) in [5.41, 5.74) is 1.88. The van der Waals surface area contributed by atoms with Crippen LogP contribution < -0.4 is 4.90 Å². The van der Waals surface area contributed by atoms with Crippen molar-refractivity contribution < 1.29 is 4.39 Å². The molecule has 0 N–H and O–H groups in total. The van der Waals surface area contributed by atoms with Crippen molar-refractivity contribution in [2.45, 2.75) is 32.2 Å². The van der Waals surface area contributed by atoms with Gasteiger partial charge >= 0.3 is 0 Å². The highest BCUT2D eigenvalue weighted by Crippen LogP contribution is 2.27. The van der Waals surface area contributed by atoms with Crippen molar-refractivity contribution >= 4 is 5.69 Å². The lowest BCUT2D eigenvalue weighted by Gasteiger charge is -2.28. The molecule has 2 saturated heterocycles. The predicted octanol–water partition coefficient (Wildman–Crippen LogP) is 2.81. The van der Waals surface area contributed by atoms with Gasteiger partial charge in [0.1, 0.15) is 5.82 Å². The maximum Gasteiger partial charge on any atom is 0.128 e. The van der Waals surface area contributed by atoms with Crippen LogP contribution in [0.4, 0.5) is 10.1 Å². The molecule has 0 aliphatic carbocycles. The summed E-state index contributed by atoms with van der Waals surface area (Å²) in [6, 6.07) is 6.12. The van der Waals surface area contributed by atoms with Gasteiger partial charge in [0.2, 0.25) is 0 Å². The molecule has 1 aromatic rings. The van der Waals surface area contributed by atoms with Gasteiger partial charge in [0.25, 0.3) is 0 Å². The van der Waals surface area contributed by atoms with Crippen LogP contribution >= 0.6 is 0 Å². The van der Waals surface area contributed by atoms with E-state index < -0.39 is 0 Å². The van der Waals surface area contributed by atoms with Crippen LogP contribution in [0.15, 0.2) is 18.2 Å². The van der Waals surface area contributed by atoms with Crippen molar-refractivity contribution in [1.29, 1.82) is 0 Å². The molecule has 1 unspecified atom stereocenters. The number of rotatable bonds is 1. The summed E-state index contributed by atoms with van der Waals surface area (Å²) in [6.07, 6.45) is 3.80. The van der Waals surface area contributed by atoms with E-state index in [1.54, 1.807) is 6.07 Å². The zero-order chi connectivity index (χ0) is 12.5. The number of hydrogen-bond acceptors (Lipinski definition) is 2. The molecule has 1 atom stereocenters. The van der Waals surface area contributed by atoms with Crippen LogP contribution in [-0.2, 0) is 0 Å². The molecule has 0 bridgehead atoms. The number of fused-ring (bicyclic) bond motifs is 1. The zero-order valence-corrected chi connectivity index (χ0v) is 11.0. The fourth-order valence-corrected chi connectivity index (χ4v) is 3.36. The summed E-state index contributed by atoms with van der Waals surface area (Å²) in [4.78, 5) is 4.99. The molecule has 2 aliphatic rings. The Bertz CT molecular complexity index is 433. The third kappa shape index (κ3) is 2.12. The quantitative estimate of drug-likeness (QED) is 0.754. The van der Waals surface area contributed by atoms with Crippen LogP contribution in [0.2, 0.25) is 0 Å². The van der Waals surface area contributed by atoms with E-state index in [-0.39, 0.29) is 5.82 Å². The van der Waals surface area contributed by atoms with E-state index in [0.29, 0.717) is 6.04 Å². The first-order chi connectivity index (χ1) is 8.75. The molecule has 2 fully saturated rings. The molecule has 3 heteroatoms. The molecule has 2 heterocycles. The first-order valence-corrected chi connectivity index (χ1v) is 7.00. The van der Waals surface area contributed by atoms with E-state index in [4.69, 9.17) is 0 Å². The second kappa shape index (κ2) is 4.88. The van der Waals surface area contributed by atoms with Gasteiger partial charge in [-0.1, -0.05) is 6.07 Å². The topological polar surface area (TPSA) is 6.48 Å². The molecule has 2 aliphatic heterocycles. The molecule has 3 rings (SSSR count). The Balaban J connectivity index is 1.85. The third-order valence-corrected chi connectivity index (χ3v) is 4.38. The highest BCUT2D eigenvalue weighted by molar-refractivity contribution is 5.53. The summed E-state index contributed by atoms with van der Waals surface area (Å²) in [7, 11) is 0. The highest BCUT2D eigenvalue weighted by Gasteiger charge is 2.29. The Morgan fingerprint density at radius 1 is 1.17 bits per heavy atom. The van der Waals surface area contributed by atoms with Crippen molar-refractivity contribution in [3.05, 3.63) is 29.6 Å². The molecule has 1 aromatic carbocycles. The molecule has 0 radical (unpaired) electrons. The van der Waals surface area contributed by atoms with Gasteiger partial charge in [0.05, 0.1) is 0 Å². The van der Waals surface area contributed by atoms with E-state index in [2.05, 4.69) is 15.9 Å². The molecule has 0 aromatic heterocycles. The Labute approximate surface area is 108 Å². The SMILES string of the molecule is Cc1c(F)cccc1N1CCCN2CCCC2C1. The summed E-state index contributed by atoms with van der Waals surface area (Å²) in [5.74, 6) is -0.0833. The van der Waals surface area contributed by atoms with Gasteiger partial charge in [-0.3, -0.25) is 4.90 Å².